The minimum Gasteiger partial charge on any atom is -0.429 e. The van der Waals surface area contributed by atoms with Crippen LogP contribution in [0, 0.1) is 5.92 Å². The minimum absolute atomic E-state index is 0.0959. The summed E-state index contributed by atoms with van der Waals surface area (Å²) in [5.41, 5.74) is 0. The average Bonchev–Trinajstić information content (AvgIpc) is 3.09. The van der Waals surface area contributed by atoms with Crippen LogP contribution in [0.2, 0.25) is 0 Å². The molecular formula is C46H84O2. The molecule has 1 heterocycles. The van der Waals surface area contributed by atoms with E-state index in [4.69, 9.17) is 4.74 Å². The molecule has 1 saturated heterocycles. The first kappa shape index (κ1) is 44.7. The summed E-state index contributed by atoms with van der Waals surface area (Å²) in [7, 11) is 0. The molecule has 0 saturated carbocycles. The molecule has 0 aromatic heterocycles. The number of cyclic esters (lactones) is 1. The Morgan fingerprint density at radius 2 is 0.708 bits per heavy atom. The first-order valence-electron chi connectivity index (χ1n) is 22.0. The number of esters is 1. The molecule has 0 aromatic carbocycles. The van der Waals surface area contributed by atoms with Gasteiger partial charge in [0.05, 0.1) is 0 Å². The molecule has 2 heteroatoms. The van der Waals surface area contributed by atoms with E-state index in [-0.39, 0.29) is 11.9 Å². The Bertz CT molecular complexity index is 762. The van der Waals surface area contributed by atoms with Crippen LogP contribution in [-0.2, 0) is 9.53 Å². The highest BCUT2D eigenvalue weighted by atomic mass is 16.6. The van der Waals surface area contributed by atoms with E-state index in [0.29, 0.717) is 0 Å². The third-order valence-electron chi connectivity index (χ3n) is 10.5. The molecule has 1 aliphatic heterocycles. The van der Waals surface area contributed by atoms with Gasteiger partial charge in [-0.3, -0.25) is 4.79 Å². The van der Waals surface area contributed by atoms with Crippen LogP contribution in [0.3, 0.4) is 0 Å². The Morgan fingerprint density at radius 3 is 1.02 bits per heavy atom. The fourth-order valence-corrected chi connectivity index (χ4v) is 7.08. The zero-order valence-electron chi connectivity index (χ0n) is 32.7. The van der Waals surface area contributed by atoms with E-state index >= 15 is 0 Å². The Labute approximate surface area is 301 Å². The molecule has 1 unspecified atom stereocenters. The molecule has 1 aliphatic rings. The van der Waals surface area contributed by atoms with Crippen LogP contribution < -0.4 is 0 Å². The zero-order chi connectivity index (χ0) is 34.4. The number of allylic oxidation sites excluding steroid dienone is 4. The monoisotopic (exact) mass is 669 g/mol. The molecular weight excluding hydrogens is 585 g/mol. The van der Waals surface area contributed by atoms with Gasteiger partial charge in [0.15, 0.2) is 0 Å². The predicted molar refractivity (Wildman–Crippen MR) is 214 cm³/mol. The highest BCUT2D eigenvalue weighted by Gasteiger charge is 2.34. The Balaban J connectivity index is 1.86. The SMILES string of the molecule is CCCCCCCCCCCCCCCCCCC/C=C/C=C1/OC(=O)C1/C=C/CCCCCCCCCCCCCCCCCCC. The second kappa shape index (κ2) is 37.0. The van der Waals surface area contributed by atoms with Gasteiger partial charge < -0.3 is 4.74 Å². The van der Waals surface area contributed by atoms with E-state index in [1.807, 2.05) is 6.08 Å². The lowest BCUT2D eigenvalue weighted by Crippen LogP contribution is -2.30. The second-order valence-corrected chi connectivity index (χ2v) is 15.2. The summed E-state index contributed by atoms with van der Waals surface area (Å²) >= 11 is 0. The number of ether oxygens (including phenoxy) is 1. The van der Waals surface area contributed by atoms with Gasteiger partial charge in [-0.1, -0.05) is 244 Å². The fraction of sp³-hybridized carbons (Fsp3) is 0.848. The number of hydrogen-bond acceptors (Lipinski definition) is 2. The highest BCUT2D eigenvalue weighted by molar-refractivity contribution is 5.85. The van der Waals surface area contributed by atoms with E-state index in [0.717, 1.165) is 18.6 Å². The average molecular weight is 669 g/mol. The molecule has 0 radical (unpaired) electrons. The molecule has 48 heavy (non-hydrogen) atoms. The van der Waals surface area contributed by atoms with Crippen LogP contribution in [0.1, 0.15) is 245 Å². The summed E-state index contributed by atoms with van der Waals surface area (Å²) in [5.74, 6) is 0.569. The summed E-state index contributed by atoms with van der Waals surface area (Å²) < 4.78 is 5.30. The van der Waals surface area contributed by atoms with Crippen LogP contribution in [0.25, 0.3) is 0 Å². The molecule has 1 rings (SSSR count). The molecule has 1 fully saturated rings. The molecule has 0 aliphatic carbocycles. The van der Waals surface area contributed by atoms with Gasteiger partial charge in [0, 0.05) is 0 Å². The highest BCUT2D eigenvalue weighted by Crippen LogP contribution is 2.28. The van der Waals surface area contributed by atoms with E-state index in [1.165, 1.54) is 218 Å². The molecule has 0 amide bonds. The van der Waals surface area contributed by atoms with Gasteiger partial charge in [0.2, 0.25) is 0 Å². The maximum absolute atomic E-state index is 11.9. The number of hydrogen-bond donors (Lipinski definition) is 0. The van der Waals surface area contributed by atoms with E-state index in [1.54, 1.807) is 0 Å². The van der Waals surface area contributed by atoms with Crippen molar-refractivity contribution in [1.82, 2.24) is 0 Å². The quantitative estimate of drug-likeness (QED) is 0.0372. The van der Waals surface area contributed by atoms with E-state index < -0.39 is 0 Å². The van der Waals surface area contributed by atoms with Crippen molar-refractivity contribution < 1.29 is 9.53 Å². The number of unbranched alkanes of at least 4 members (excludes halogenated alkanes) is 34. The molecule has 0 spiro atoms. The van der Waals surface area contributed by atoms with Gasteiger partial charge in [-0.05, 0) is 31.8 Å². The topological polar surface area (TPSA) is 26.3 Å². The number of rotatable bonds is 38. The van der Waals surface area contributed by atoms with Crippen molar-refractivity contribution >= 4 is 5.97 Å². The van der Waals surface area contributed by atoms with Gasteiger partial charge >= 0.3 is 5.97 Å². The van der Waals surface area contributed by atoms with Crippen LogP contribution in [-0.4, -0.2) is 5.97 Å². The maximum Gasteiger partial charge on any atom is 0.325 e. The molecule has 280 valence electrons. The summed E-state index contributed by atoms with van der Waals surface area (Å²) in [4.78, 5) is 11.9. The summed E-state index contributed by atoms with van der Waals surface area (Å²) in [6.45, 7) is 4.59. The van der Waals surface area contributed by atoms with Gasteiger partial charge in [-0.2, -0.15) is 0 Å². The van der Waals surface area contributed by atoms with Crippen molar-refractivity contribution in [2.24, 2.45) is 5.92 Å². The van der Waals surface area contributed by atoms with E-state index in [9.17, 15) is 4.79 Å². The number of carbonyl (C=O) groups is 1. The Kier molecular flexibility index (Phi) is 34.4. The van der Waals surface area contributed by atoms with Gasteiger partial charge in [0.25, 0.3) is 0 Å². The van der Waals surface area contributed by atoms with Gasteiger partial charge in [-0.25, -0.2) is 0 Å². The fourth-order valence-electron chi connectivity index (χ4n) is 7.08. The van der Waals surface area contributed by atoms with Crippen LogP contribution in [0.4, 0.5) is 0 Å². The maximum atomic E-state index is 11.9. The molecule has 0 aromatic rings. The third-order valence-corrected chi connectivity index (χ3v) is 10.5. The number of carbonyl (C=O) groups excluding carboxylic acids is 1. The van der Waals surface area contributed by atoms with Gasteiger partial charge in [-0.15, -0.1) is 0 Å². The largest absolute Gasteiger partial charge is 0.429 e. The van der Waals surface area contributed by atoms with Crippen molar-refractivity contribution in [3.63, 3.8) is 0 Å². The third kappa shape index (κ3) is 29.6. The van der Waals surface area contributed by atoms with Crippen molar-refractivity contribution in [2.45, 2.75) is 245 Å². The van der Waals surface area contributed by atoms with Gasteiger partial charge in [0.1, 0.15) is 11.7 Å². The zero-order valence-corrected chi connectivity index (χ0v) is 32.7. The van der Waals surface area contributed by atoms with Crippen LogP contribution >= 0.6 is 0 Å². The summed E-state index contributed by atoms with van der Waals surface area (Å²) in [6.07, 6.45) is 60.8. The Morgan fingerprint density at radius 1 is 0.417 bits per heavy atom. The first-order chi connectivity index (χ1) is 23.8. The van der Waals surface area contributed by atoms with Crippen molar-refractivity contribution in [1.29, 1.82) is 0 Å². The van der Waals surface area contributed by atoms with E-state index in [2.05, 4.69) is 38.2 Å². The lowest BCUT2D eigenvalue weighted by molar-refractivity contribution is -0.154. The summed E-state index contributed by atoms with van der Waals surface area (Å²) in [6, 6.07) is 0. The normalized spacial score (nSPS) is 15.7. The first-order valence-corrected chi connectivity index (χ1v) is 22.0. The lowest BCUT2D eigenvalue weighted by Gasteiger charge is -2.24. The molecule has 2 nitrogen and oxygen atoms in total. The Hall–Kier alpha value is -1.31. The molecule has 0 N–H and O–H groups in total. The second-order valence-electron chi connectivity index (χ2n) is 15.2. The minimum atomic E-state index is -0.152. The van der Waals surface area contributed by atoms with Crippen LogP contribution in [0.5, 0.6) is 0 Å². The van der Waals surface area contributed by atoms with Crippen LogP contribution in [0.15, 0.2) is 36.1 Å². The molecule has 1 atom stereocenters. The summed E-state index contributed by atoms with van der Waals surface area (Å²) in [5, 5.41) is 0. The lowest BCUT2D eigenvalue weighted by atomic mass is 10.00. The van der Waals surface area contributed by atoms with Crippen molar-refractivity contribution in [3.05, 3.63) is 36.1 Å². The molecule has 0 bridgehead atoms. The smallest absolute Gasteiger partial charge is 0.325 e. The standard InChI is InChI=1S/C46H84O2/c1-3-5-7-9-11-13-15-17-19-21-23-25-27-29-31-33-35-37-39-41-43-45-44(46(47)48-45)42-40-38-36-34-32-30-28-26-24-22-20-18-16-14-12-10-8-6-4-2/h39-44H,3-38H2,1-2H3/b41-39+,42-40+,45-43+. The predicted octanol–water partition coefficient (Wildman–Crippen LogP) is 16.2. The van der Waals surface area contributed by atoms with Crippen molar-refractivity contribution in [2.75, 3.05) is 0 Å². The van der Waals surface area contributed by atoms with Crippen molar-refractivity contribution in [3.8, 4) is 0 Å².